The fraction of sp³-hybridized carbons (Fsp3) is 0.571. The Bertz CT molecular complexity index is 463. The molecule has 0 heterocycles. The molecule has 0 amide bonds. The van der Waals surface area contributed by atoms with Gasteiger partial charge in [0.1, 0.15) is 0 Å². The van der Waals surface area contributed by atoms with Crippen LogP contribution in [-0.4, -0.2) is 51.8 Å². The van der Waals surface area contributed by atoms with Gasteiger partial charge in [-0.1, -0.05) is 30.3 Å². The van der Waals surface area contributed by atoms with E-state index in [1.807, 2.05) is 18.2 Å². The topological polar surface area (TPSA) is 75.4 Å². The third kappa shape index (κ3) is 7.00. The summed E-state index contributed by atoms with van der Waals surface area (Å²) in [6.07, 6.45) is 0.946. The number of hydrogen-bond acceptors (Lipinski definition) is 4. The summed E-state index contributed by atoms with van der Waals surface area (Å²) >= 11 is 0. The summed E-state index contributed by atoms with van der Waals surface area (Å²) in [6, 6.07) is 10.2. The van der Waals surface area contributed by atoms with Crippen LogP contribution >= 0.6 is 0 Å². The third-order valence-corrected chi connectivity index (χ3v) is 4.54. The van der Waals surface area contributed by atoms with Crippen LogP contribution < -0.4 is 10.5 Å². The quantitative estimate of drug-likeness (QED) is 0.657. The molecule has 1 aromatic carbocycles. The standard InChI is InChI=1S/C14H25N3O2S/c1-2-20(18,19)16-10-13-17(12-9-15)11-8-14-6-4-3-5-7-14/h3-7,16H,2,8-13,15H2,1H3. The van der Waals surface area contributed by atoms with E-state index < -0.39 is 10.0 Å². The molecule has 0 aliphatic heterocycles. The lowest BCUT2D eigenvalue weighted by molar-refractivity contribution is 0.289. The largest absolute Gasteiger partial charge is 0.329 e. The maximum Gasteiger partial charge on any atom is 0.211 e. The molecule has 0 saturated heterocycles. The van der Waals surface area contributed by atoms with Gasteiger partial charge in [-0.2, -0.15) is 0 Å². The van der Waals surface area contributed by atoms with E-state index in [-0.39, 0.29) is 5.75 Å². The summed E-state index contributed by atoms with van der Waals surface area (Å²) < 4.78 is 25.3. The highest BCUT2D eigenvalue weighted by Gasteiger charge is 2.08. The van der Waals surface area contributed by atoms with Gasteiger partial charge in [0.25, 0.3) is 0 Å². The molecule has 0 radical (unpaired) electrons. The Morgan fingerprint density at radius 3 is 2.45 bits per heavy atom. The average Bonchev–Trinajstić information content (AvgIpc) is 2.46. The van der Waals surface area contributed by atoms with Crippen molar-refractivity contribution >= 4 is 10.0 Å². The molecule has 0 aromatic heterocycles. The van der Waals surface area contributed by atoms with Crippen LogP contribution in [-0.2, 0) is 16.4 Å². The molecule has 0 aliphatic rings. The van der Waals surface area contributed by atoms with E-state index in [2.05, 4.69) is 21.8 Å². The number of nitrogens with one attached hydrogen (secondary N) is 1. The molecular weight excluding hydrogens is 274 g/mol. The fourth-order valence-corrected chi connectivity index (χ4v) is 2.52. The number of sulfonamides is 1. The van der Waals surface area contributed by atoms with E-state index in [4.69, 9.17) is 5.73 Å². The van der Waals surface area contributed by atoms with Gasteiger partial charge in [-0.05, 0) is 18.9 Å². The lowest BCUT2D eigenvalue weighted by atomic mass is 10.1. The Morgan fingerprint density at radius 1 is 1.15 bits per heavy atom. The number of benzene rings is 1. The molecule has 0 atom stereocenters. The molecule has 0 bridgehead atoms. The van der Waals surface area contributed by atoms with Crippen molar-refractivity contribution in [1.29, 1.82) is 0 Å². The summed E-state index contributed by atoms with van der Waals surface area (Å²) in [7, 11) is -3.11. The van der Waals surface area contributed by atoms with Gasteiger partial charge in [0.2, 0.25) is 10.0 Å². The maximum atomic E-state index is 11.4. The molecule has 0 unspecified atom stereocenters. The van der Waals surface area contributed by atoms with E-state index in [1.54, 1.807) is 6.92 Å². The Labute approximate surface area is 122 Å². The third-order valence-electron chi connectivity index (χ3n) is 3.13. The molecule has 6 heteroatoms. The van der Waals surface area contributed by atoms with Crippen LogP contribution in [0.1, 0.15) is 12.5 Å². The van der Waals surface area contributed by atoms with E-state index in [1.165, 1.54) is 5.56 Å². The van der Waals surface area contributed by atoms with Crippen LogP contribution in [0.15, 0.2) is 30.3 Å². The summed E-state index contributed by atoms with van der Waals surface area (Å²) in [5, 5.41) is 0. The average molecular weight is 299 g/mol. The molecule has 20 heavy (non-hydrogen) atoms. The van der Waals surface area contributed by atoms with Gasteiger partial charge in [0, 0.05) is 32.7 Å². The monoisotopic (exact) mass is 299 g/mol. The van der Waals surface area contributed by atoms with Crippen LogP contribution in [0.2, 0.25) is 0 Å². The fourth-order valence-electron chi connectivity index (χ4n) is 1.91. The van der Waals surface area contributed by atoms with Crippen molar-refractivity contribution in [3.05, 3.63) is 35.9 Å². The van der Waals surface area contributed by atoms with E-state index in [0.717, 1.165) is 19.5 Å². The first-order chi connectivity index (χ1) is 9.57. The van der Waals surface area contributed by atoms with Crippen LogP contribution in [0, 0.1) is 0 Å². The Hall–Kier alpha value is -0.950. The zero-order chi connectivity index (χ0) is 14.8. The summed E-state index contributed by atoms with van der Waals surface area (Å²) in [5.74, 6) is 0.119. The van der Waals surface area contributed by atoms with Gasteiger partial charge in [0.15, 0.2) is 0 Å². The minimum atomic E-state index is -3.11. The lowest BCUT2D eigenvalue weighted by Crippen LogP contribution is -2.38. The second-order valence-electron chi connectivity index (χ2n) is 4.66. The molecule has 3 N–H and O–H groups in total. The van der Waals surface area contributed by atoms with Crippen LogP contribution in [0.4, 0.5) is 0 Å². The number of rotatable bonds is 10. The van der Waals surface area contributed by atoms with Crippen molar-refractivity contribution in [3.63, 3.8) is 0 Å². The smallest absolute Gasteiger partial charge is 0.211 e. The van der Waals surface area contributed by atoms with Crippen LogP contribution in [0.25, 0.3) is 0 Å². The summed E-state index contributed by atoms with van der Waals surface area (Å²) in [6.45, 7) is 4.99. The van der Waals surface area contributed by atoms with Crippen molar-refractivity contribution in [2.45, 2.75) is 13.3 Å². The first-order valence-electron chi connectivity index (χ1n) is 7.01. The van der Waals surface area contributed by atoms with Crippen molar-refractivity contribution in [2.75, 3.05) is 38.5 Å². The molecule has 1 rings (SSSR count). The highest BCUT2D eigenvalue weighted by atomic mass is 32.2. The van der Waals surface area contributed by atoms with Gasteiger partial charge < -0.3 is 10.6 Å². The first kappa shape index (κ1) is 17.1. The zero-order valence-corrected chi connectivity index (χ0v) is 12.9. The van der Waals surface area contributed by atoms with Gasteiger partial charge in [-0.25, -0.2) is 13.1 Å². The number of nitrogens with zero attached hydrogens (tertiary/aromatic N) is 1. The van der Waals surface area contributed by atoms with E-state index in [9.17, 15) is 8.42 Å². The van der Waals surface area contributed by atoms with Crippen molar-refractivity contribution in [1.82, 2.24) is 9.62 Å². The van der Waals surface area contributed by atoms with Gasteiger partial charge in [0.05, 0.1) is 5.75 Å². The van der Waals surface area contributed by atoms with E-state index >= 15 is 0 Å². The number of nitrogens with two attached hydrogens (primary N) is 1. The van der Waals surface area contributed by atoms with Crippen LogP contribution in [0.5, 0.6) is 0 Å². The normalized spacial score (nSPS) is 11.9. The predicted molar refractivity (Wildman–Crippen MR) is 83.1 cm³/mol. The van der Waals surface area contributed by atoms with Gasteiger partial charge >= 0.3 is 0 Å². The van der Waals surface area contributed by atoms with Gasteiger partial charge in [-0.3, -0.25) is 0 Å². The van der Waals surface area contributed by atoms with Crippen molar-refractivity contribution in [2.24, 2.45) is 5.73 Å². The highest BCUT2D eigenvalue weighted by molar-refractivity contribution is 7.89. The van der Waals surface area contributed by atoms with Crippen LogP contribution in [0.3, 0.4) is 0 Å². The Kier molecular flexibility index (Phi) is 7.76. The first-order valence-corrected chi connectivity index (χ1v) is 8.66. The minimum Gasteiger partial charge on any atom is -0.329 e. The Balaban J connectivity index is 2.36. The lowest BCUT2D eigenvalue weighted by Gasteiger charge is -2.21. The predicted octanol–water partition coefficient (Wildman–Crippen LogP) is 0.429. The molecule has 0 fully saturated rings. The number of hydrogen-bond donors (Lipinski definition) is 2. The molecular formula is C14H25N3O2S. The molecule has 0 aliphatic carbocycles. The summed E-state index contributed by atoms with van der Waals surface area (Å²) in [4.78, 5) is 2.19. The molecule has 1 aromatic rings. The zero-order valence-electron chi connectivity index (χ0n) is 12.1. The molecule has 0 saturated carbocycles. The second-order valence-corrected chi connectivity index (χ2v) is 6.76. The van der Waals surface area contributed by atoms with Gasteiger partial charge in [-0.15, -0.1) is 0 Å². The van der Waals surface area contributed by atoms with E-state index in [0.29, 0.717) is 19.6 Å². The summed E-state index contributed by atoms with van der Waals surface area (Å²) in [5.41, 5.74) is 6.88. The van der Waals surface area contributed by atoms with Crippen molar-refractivity contribution in [3.8, 4) is 0 Å². The highest BCUT2D eigenvalue weighted by Crippen LogP contribution is 2.01. The maximum absolute atomic E-state index is 11.4. The molecule has 5 nitrogen and oxygen atoms in total. The second kappa shape index (κ2) is 9.07. The van der Waals surface area contributed by atoms with Crippen molar-refractivity contribution < 1.29 is 8.42 Å². The molecule has 0 spiro atoms. The minimum absolute atomic E-state index is 0.119. The molecule has 114 valence electrons. The SMILES string of the molecule is CCS(=O)(=O)NCCN(CCN)CCc1ccccc1. The Morgan fingerprint density at radius 2 is 1.85 bits per heavy atom.